The minimum atomic E-state index is 0. The normalized spacial score (nSPS) is 11.8. The number of imidazole rings is 1. The zero-order chi connectivity index (χ0) is 92.9. The fraction of sp³-hybridized carbons (Fsp3) is 0.459. The maximum Gasteiger partial charge on any atom is 0.256 e. The fourth-order valence-corrected chi connectivity index (χ4v) is 17.7. The van der Waals surface area contributed by atoms with Crippen molar-refractivity contribution in [3.8, 4) is 0 Å². The average molecular weight is 1770 g/mol. The first-order valence-corrected chi connectivity index (χ1v) is 48.5. The number of fused-ring (bicyclic) bond motifs is 8. The standard InChI is InChI=1S/7C15H20N.C13H23N2.4CH4/c1-11(2)13-7-5-9-15-14(13)8-6-10-16(15)12(3)4;1-11(2)14-9-5-7-13-8-6-10-16(12(3)4)15(13)14;1-11(2)13-7-8-15-14(10-13)6-5-9-16(15)12(3)4;1-11(2)14-8-7-13-6-5-9-16(12(3)4)15(13)10-14;1-11(2)14-9-13-7-5-6-8-15(13)16(10-14)12(3)4;1-11(2)13-9-10-16(12(3)4)15-8-6-5-7-14(13)15;1-11(2)14-10-9-13-7-5-6-8-15(13)16(14)12(3)4;1-10(2)12-9-15(11(3)4)13-7-5-6-8-14(12)13;;;;/h7*5-12H,1-4H3;9-11H,5-8H2,1-4H3;4*1H4/q8*+1;;;;. The molecule has 131 heavy (non-hydrogen) atoms. The highest BCUT2D eigenvalue weighted by Gasteiger charge is 2.30. The van der Waals surface area contributed by atoms with Crippen LogP contribution in [0, 0.1) is 0 Å². The van der Waals surface area contributed by atoms with Crippen LogP contribution in [-0.4, -0.2) is 4.57 Å². The van der Waals surface area contributed by atoms with Gasteiger partial charge in [0.05, 0.1) is 12.6 Å². The second-order valence-corrected chi connectivity index (χ2v) is 40.0. The van der Waals surface area contributed by atoms with Crippen molar-refractivity contribution >= 4 is 76.3 Å². The third-order valence-electron chi connectivity index (χ3n) is 24.8. The molecule has 0 radical (unpaired) electrons. The number of aromatic nitrogens is 9. The SMILES string of the molecule is C.C.C.C.CC(C)c1c[n+](C(C)C)c2n1CCCC2.CC(C)c1cc2ccccc2[n+](C(C)C)c1.CC(C)c1cc[n+](C(C)C)c2ccccc12.CC(C)c1ccc2c(ccc[n+]2C(C)C)c1.CC(C)c1ccc2ccc[n+](C(C)C)c2c1.CC(C)c1ccc2ccccc2[n+]1C(C)C.CC(C)c1cccc2c1ccc[n+]2C(C)C.CC(C)c1cccc2ccc[n+](C(C)C)c12. The number of nitrogens with zero attached hydrogens (tertiary/aromatic N) is 9. The van der Waals surface area contributed by atoms with Gasteiger partial charge in [-0.05, 0) is 254 Å². The molecule has 0 spiro atoms. The van der Waals surface area contributed by atoms with Gasteiger partial charge in [0.1, 0.15) is 11.9 Å². The van der Waals surface area contributed by atoms with Crippen LogP contribution in [0.1, 0.15) is 410 Å². The van der Waals surface area contributed by atoms with Crippen LogP contribution in [-0.2, 0) is 13.0 Å². The van der Waals surface area contributed by atoms with Crippen molar-refractivity contribution in [2.24, 2.45) is 0 Å². The fourth-order valence-electron chi connectivity index (χ4n) is 17.7. The van der Waals surface area contributed by atoms with E-state index in [9.17, 15) is 0 Å². The van der Waals surface area contributed by atoms with E-state index in [1.165, 1.54) is 147 Å². The van der Waals surface area contributed by atoms with Crippen molar-refractivity contribution in [3.63, 3.8) is 0 Å². The molecule has 0 atom stereocenters. The van der Waals surface area contributed by atoms with E-state index >= 15 is 0 Å². The Bertz CT molecular complexity index is 5740. The monoisotopic (exact) mass is 1770 g/mol. The van der Waals surface area contributed by atoms with Crippen LogP contribution in [0.5, 0.6) is 0 Å². The predicted octanol–water partition coefficient (Wildman–Crippen LogP) is 32.2. The van der Waals surface area contributed by atoms with Crippen molar-refractivity contribution in [2.75, 3.05) is 0 Å². The van der Waals surface area contributed by atoms with E-state index in [2.05, 4.69) is 524 Å². The Kier molecular flexibility index (Phi) is 43.8. The number of hydrogen-bond donors (Lipinski definition) is 0. The summed E-state index contributed by atoms with van der Waals surface area (Å²) in [6.07, 6.45) is 19.5. The molecule has 0 aliphatic carbocycles. The van der Waals surface area contributed by atoms with E-state index in [1.807, 2.05) is 0 Å². The third-order valence-corrected chi connectivity index (χ3v) is 24.8. The number of benzene rings is 7. The summed E-state index contributed by atoms with van der Waals surface area (Å²) < 4.78 is 21.5. The van der Waals surface area contributed by atoms with Crippen molar-refractivity contribution in [3.05, 3.63) is 312 Å². The molecule has 16 rings (SSSR count). The Balaban J connectivity index is 0.000000264. The van der Waals surface area contributed by atoms with E-state index in [-0.39, 0.29) is 29.7 Å². The topological polar surface area (TPSA) is 36.0 Å². The number of para-hydroxylation sites is 4. The van der Waals surface area contributed by atoms with Crippen LogP contribution in [0.3, 0.4) is 0 Å². The molecule has 8 aromatic heterocycles. The molecular weight excluding hydrogens is 1590 g/mol. The van der Waals surface area contributed by atoms with Gasteiger partial charge in [0.2, 0.25) is 38.6 Å². The maximum absolute atomic E-state index is 2.55. The largest absolute Gasteiger partial charge is 0.256 e. The van der Waals surface area contributed by atoms with Crippen LogP contribution in [0.2, 0.25) is 0 Å². The quantitative estimate of drug-likeness (QED) is 0.0865. The molecule has 0 amide bonds. The molecule has 1 aliphatic heterocycles. The number of pyridine rings is 7. The molecule has 9 heteroatoms. The predicted molar refractivity (Wildman–Crippen MR) is 569 cm³/mol. The van der Waals surface area contributed by atoms with Crippen molar-refractivity contribution in [1.29, 1.82) is 0 Å². The molecule has 1 aliphatic rings. The van der Waals surface area contributed by atoms with Gasteiger partial charge in [-0.25, -0.2) is 9.13 Å². The maximum atomic E-state index is 2.55. The van der Waals surface area contributed by atoms with Gasteiger partial charge in [0.15, 0.2) is 85.2 Å². The second kappa shape index (κ2) is 51.6. The second-order valence-electron chi connectivity index (χ2n) is 40.0. The third kappa shape index (κ3) is 28.3. The smallest absolute Gasteiger partial charge is 0.232 e. The summed E-state index contributed by atoms with van der Waals surface area (Å²) in [6.45, 7) is 73.0. The summed E-state index contributed by atoms with van der Waals surface area (Å²) >= 11 is 0. The Morgan fingerprint density at radius 3 is 1.15 bits per heavy atom. The molecule has 704 valence electrons. The minimum Gasteiger partial charge on any atom is -0.232 e. The van der Waals surface area contributed by atoms with Gasteiger partial charge in [-0.1, -0.05) is 213 Å². The Labute approximate surface area is 797 Å². The van der Waals surface area contributed by atoms with Crippen molar-refractivity contribution in [2.45, 2.75) is 373 Å². The van der Waals surface area contributed by atoms with E-state index in [0.29, 0.717) is 95.7 Å². The van der Waals surface area contributed by atoms with Gasteiger partial charge in [0.25, 0.3) is 5.82 Å². The van der Waals surface area contributed by atoms with Crippen LogP contribution in [0.4, 0.5) is 0 Å². The molecule has 15 aromatic rings. The molecule has 9 nitrogen and oxygen atoms in total. The Hall–Kier alpha value is -10.4. The zero-order valence-electron chi connectivity index (χ0n) is 84.4. The van der Waals surface area contributed by atoms with Gasteiger partial charge in [-0.2, -0.15) is 32.0 Å². The van der Waals surface area contributed by atoms with Crippen molar-refractivity contribution in [1.82, 2.24) is 4.57 Å². The molecule has 0 unspecified atom stereocenters. The number of hydrogen-bond acceptors (Lipinski definition) is 0. The Morgan fingerprint density at radius 1 is 0.237 bits per heavy atom. The lowest BCUT2D eigenvalue weighted by molar-refractivity contribution is -0.723. The summed E-state index contributed by atoms with van der Waals surface area (Å²) in [4.78, 5) is 0. The van der Waals surface area contributed by atoms with E-state index in [4.69, 9.17) is 0 Å². The zero-order valence-corrected chi connectivity index (χ0v) is 84.4. The van der Waals surface area contributed by atoms with Gasteiger partial charge >= 0.3 is 0 Å². The average Bonchev–Trinajstić information content (AvgIpc) is 1.54. The van der Waals surface area contributed by atoms with Gasteiger partial charge in [-0.15, -0.1) is 0 Å². The summed E-state index contributed by atoms with van der Waals surface area (Å²) in [5.74, 6) is 6.22. The first kappa shape index (κ1) is 111. The van der Waals surface area contributed by atoms with Crippen LogP contribution >= 0.6 is 0 Å². The highest BCUT2D eigenvalue weighted by Crippen LogP contribution is 2.30. The van der Waals surface area contributed by atoms with Crippen molar-refractivity contribution < 1.29 is 36.5 Å². The lowest BCUT2D eigenvalue weighted by Gasteiger charge is -2.13. The lowest BCUT2D eigenvalue weighted by Crippen LogP contribution is -2.41. The summed E-state index contributed by atoms with van der Waals surface area (Å²) in [6, 6.07) is 83.1. The van der Waals surface area contributed by atoms with E-state index in [0.717, 1.165) is 0 Å². The van der Waals surface area contributed by atoms with Gasteiger partial charge < -0.3 is 0 Å². The van der Waals surface area contributed by atoms with Gasteiger partial charge in [0, 0.05) is 140 Å². The molecule has 0 fully saturated rings. The molecule has 0 saturated heterocycles. The molecular formula is C122H179N9+8. The molecule has 7 aromatic carbocycles. The van der Waals surface area contributed by atoms with E-state index in [1.54, 1.807) is 5.82 Å². The first-order valence-electron chi connectivity index (χ1n) is 48.5. The number of rotatable bonds is 16. The minimum absolute atomic E-state index is 0. The molecule has 0 saturated carbocycles. The van der Waals surface area contributed by atoms with E-state index < -0.39 is 0 Å². The summed E-state index contributed by atoms with van der Waals surface area (Å²) in [7, 11) is 0. The van der Waals surface area contributed by atoms with Crippen LogP contribution < -0.4 is 36.5 Å². The molecule has 9 heterocycles. The lowest BCUT2D eigenvalue weighted by atomic mass is 9.98. The van der Waals surface area contributed by atoms with Crippen LogP contribution in [0.25, 0.3) is 76.3 Å². The van der Waals surface area contributed by atoms with Gasteiger partial charge in [-0.3, -0.25) is 0 Å². The summed E-state index contributed by atoms with van der Waals surface area (Å²) in [5.41, 5.74) is 20.8. The highest BCUT2D eigenvalue weighted by molar-refractivity contribution is 5.83. The van der Waals surface area contributed by atoms with Crippen LogP contribution in [0.15, 0.2) is 262 Å². The molecule has 0 bridgehead atoms. The molecule has 0 N–H and O–H groups in total. The Morgan fingerprint density at radius 2 is 0.618 bits per heavy atom. The first-order chi connectivity index (χ1) is 60.3. The summed E-state index contributed by atoms with van der Waals surface area (Å²) in [5, 5.41) is 9.41. The highest BCUT2D eigenvalue weighted by atomic mass is 15.2.